The third-order valence-electron chi connectivity index (χ3n) is 14.5. The molecule has 3 N–H and O–H groups in total. The molecule has 11 unspecified atom stereocenters. The van der Waals surface area contributed by atoms with Crippen LogP contribution in [-0.2, 0) is 38.7 Å². The highest BCUT2D eigenvalue weighted by Crippen LogP contribution is 2.58. The van der Waals surface area contributed by atoms with Gasteiger partial charge in [0.2, 0.25) is 0 Å². The summed E-state index contributed by atoms with van der Waals surface area (Å²) in [5, 5.41) is 17.4. The van der Waals surface area contributed by atoms with Crippen LogP contribution < -0.4 is 0 Å². The second-order valence-electron chi connectivity index (χ2n) is 19.8. The number of carbonyl (C=O) groups excluding carboxylic acids is 3. The third kappa shape index (κ3) is 9.10. The van der Waals surface area contributed by atoms with Crippen molar-refractivity contribution in [3.63, 3.8) is 0 Å². The van der Waals surface area contributed by atoms with Gasteiger partial charge in [-0.2, -0.15) is 17.2 Å². The van der Waals surface area contributed by atoms with Gasteiger partial charge in [0.15, 0.2) is 6.61 Å². The van der Waals surface area contributed by atoms with Gasteiger partial charge in [-0.15, -0.1) is 23.5 Å². The summed E-state index contributed by atoms with van der Waals surface area (Å²) in [7, 11) is -5.74. The molecule has 6 saturated carbocycles. The van der Waals surface area contributed by atoms with Crippen LogP contribution in [0, 0.1) is 57.7 Å². The van der Waals surface area contributed by atoms with Crippen molar-refractivity contribution in [3.05, 3.63) is 0 Å². The van der Waals surface area contributed by atoms with Gasteiger partial charge in [0.1, 0.15) is 13.2 Å². The average Bonchev–Trinajstić information content (AvgIpc) is 3.10. The summed E-state index contributed by atoms with van der Waals surface area (Å²) in [5.74, 6) is 0.616. The lowest BCUT2D eigenvalue weighted by Crippen LogP contribution is -2.50. The monoisotopic (exact) mass is 850 g/mol. The number of fused-ring (bicyclic) bond motifs is 6. The smallest absolute Gasteiger partial charge is 0.402 e. The number of hydrogen-bond acceptors (Lipinski definition) is 12. The topological polar surface area (TPSA) is 174 Å². The van der Waals surface area contributed by atoms with Crippen LogP contribution in [0.25, 0.3) is 0 Å². The Hall–Kier alpha value is -1.20. The van der Waals surface area contributed by atoms with Gasteiger partial charge < -0.3 is 24.4 Å². The lowest BCUT2D eigenvalue weighted by Gasteiger charge is -2.50. The van der Waals surface area contributed by atoms with Gasteiger partial charge in [-0.3, -0.25) is 18.9 Å². The fourth-order valence-electron chi connectivity index (χ4n) is 12.6. The van der Waals surface area contributed by atoms with Crippen LogP contribution in [0.15, 0.2) is 0 Å². The molecule has 0 amide bonds. The number of rotatable bonds is 11. The molecule has 0 radical (unpaired) electrons. The quantitative estimate of drug-likeness (QED) is 0.115. The number of halogens is 2. The molecule has 56 heavy (non-hydrogen) atoms. The molecule has 1 aliphatic heterocycles. The number of esters is 3. The van der Waals surface area contributed by atoms with Gasteiger partial charge in [0.25, 0.3) is 0 Å². The van der Waals surface area contributed by atoms with Crippen molar-refractivity contribution in [1.82, 2.24) is 0 Å². The minimum Gasteiger partial charge on any atom is -0.465 e. The molecule has 7 fully saturated rings. The number of hydrogen-bond donors (Lipinski definition) is 3. The molecular formula is C40H60F2O11S3. The first-order valence-electron chi connectivity index (χ1n) is 20.7. The minimum absolute atomic E-state index is 0.0165. The first-order valence-corrected chi connectivity index (χ1v) is 24.2. The van der Waals surface area contributed by atoms with Crippen molar-refractivity contribution in [3.8, 4) is 0 Å². The highest BCUT2D eigenvalue weighted by Gasteiger charge is 2.55. The number of ether oxygens (including phenoxy) is 3. The summed E-state index contributed by atoms with van der Waals surface area (Å²) in [4.78, 5) is 41.2. The average molecular weight is 851 g/mol. The minimum atomic E-state index is -5.74. The van der Waals surface area contributed by atoms with Crippen LogP contribution in [0.4, 0.5) is 8.78 Å². The van der Waals surface area contributed by atoms with E-state index in [1.165, 1.54) is 0 Å². The van der Waals surface area contributed by atoms with Crippen LogP contribution in [0.2, 0.25) is 0 Å². The zero-order valence-corrected chi connectivity index (χ0v) is 35.1. The zero-order valence-electron chi connectivity index (χ0n) is 32.6. The van der Waals surface area contributed by atoms with Crippen molar-refractivity contribution in [1.29, 1.82) is 0 Å². The molecule has 318 valence electrons. The predicted octanol–water partition coefficient (Wildman–Crippen LogP) is 6.63. The van der Waals surface area contributed by atoms with E-state index in [-0.39, 0.29) is 53.4 Å². The second kappa shape index (κ2) is 16.0. The number of carbonyl (C=O) groups is 3. The van der Waals surface area contributed by atoms with E-state index in [1.807, 2.05) is 0 Å². The summed E-state index contributed by atoms with van der Waals surface area (Å²) in [6.45, 7) is 2.64. The summed E-state index contributed by atoms with van der Waals surface area (Å²) in [6, 6.07) is 0. The van der Waals surface area contributed by atoms with Gasteiger partial charge in [-0.1, -0.05) is 26.7 Å². The van der Waals surface area contributed by atoms with Gasteiger partial charge in [-0.05, 0) is 125 Å². The molecule has 16 heteroatoms. The molecule has 1 heterocycles. The van der Waals surface area contributed by atoms with Crippen LogP contribution in [0.1, 0.15) is 117 Å². The normalized spacial score (nSPS) is 43.9. The Morgan fingerprint density at radius 1 is 0.768 bits per heavy atom. The predicted molar refractivity (Wildman–Crippen MR) is 206 cm³/mol. The Labute approximate surface area is 338 Å². The zero-order chi connectivity index (χ0) is 40.3. The highest BCUT2D eigenvalue weighted by molar-refractivity contribution is 8.17. The molecular weight excluding hydrogens is 791 g/mol. The Morgan fingerprint density at radius 3 is 2.11 bits per heavy atom. The maximum Gasteiger partial charge on any atom is 0.402 e. The molecule has 0 aromatic carbocycles. The highest BCUT2D eigenvalue weighted by atomic mass is 32.2. The van der Waals surface area contributed by atoms with Crippen molar-refractivity contribution >= 4 is 51.5 Å². The first kappa shape index (κ1) is 42.9. The molecule has 7 rings (SSSR count). The first-order chi connectivity index (χ1) is 26.2. The van der Waals surface area contributed by atoms with E-state index in [0.717, 1.165) is 32.1 Å². The summed E-state index contributed by atoms with van der Waals surface area (Å²) in [6.07, 6.45) is 10.1. The molecule has 11 nitrogen and oxygen atoms in total. The van der Waals surface area contributed by atoms with Crippen LogP contribution >= 0.6 is 23.5 Å². The molecule has 6 aliphatic carbocycles. The van der Waals surface area contributed by atoms with E-state index in [2.05, 4.69) is 13.8 Å². The van der Waals surface area contributed by atoms with Crippen molar-refractivity contribution in [2.45, 2.75) is 138 Å². The van der Waals surface area contributed by atoms with E-state index in [4.69, 9.17) is 18.8 Å². The third-order valence-corrected chi connectivity index (χ3v) is 19.1. The number of thioether (sulfide) groups is 2. The van der Waals surface area contributed by atoms with Gasteiger partial charge in [0, 0.05) is 11.5 Å². The van der Waals surface area contributed by atoms with Crippen molar-refractivity contribution in [2.24, 2.45) is 57.7 Å². The van der Waals surface area contributed by atoms with Crippen LogP contribution in [-0.4, -0.2) is 94.0 Å². The second-order valence-corrected chi connectivity index (χ2v) is 23.9. The van der Waals surface area contributed by atoms with Crippen molar-refractivity contribution < 1.29 is 60.6 Å². The standard InChI is InChI=1S/C40H60F2O11S3/c1-24-6-28-10-31(43)18-38(11-24,14-28)35(46)52-20-36(19-51-32(44)29-9-27-7-25(2)12-39(47,15-27)17-29)22-54-33(55-23-36)30-8-26-4-3-5-37(13-26,16-30)34(45)53-21-40(41,42)56(48,49)50/h24-31,33,43,47H,3-23H2,1-2H3,(H,48,49,50). The van der Waals surface area contributed by atoms with Gasteiger partial charge in [-0.25, -0.2) is 0 Å². The van der Waals surface area contributed by atoms with E-state index in [1.54, 1.807) is 23.5 Å². The Bertz CT molecular complexity index is 1580. The van der Waals surface area contributed by atoms with Crippen LogP contribution in [0.3, 0.4) is 0 Å². The maximum atomic E-state index is 14.0. The Morgan fingerprint density at radius 2 is 1.41 bits per heavy atom. The lowest BCUT2D eigenvalue weighted by atomic mass is 9.58. The number of alkyl halides is 2. The molecule has 0 aromatic rings. The van der Waals surface area contributed by atoms with E-state index in [9.17, 15) is 41.8 Å². The maximum absolute atomic E-state index is 14.0. The molecule has 0 spiro atoms. The molecule has 1 saturated heterocycles. The Kier molecular flexibility index (Phi) is 12.3. The lowest BCUT2D eigenvalue weighted by molar-refractivity contribution is -0.173. The van der Waals surface area contributed by atoms with Gasteiger partial charge in [0.05, 0.1) is 38.4 Å². The number of aliphatic hydroxyl groups is 2. The van der Waals surface area contributed by atoms with E-state index in [0.29, 0.717) is 94.0 Å². The molecule has 7 aliphatic rings. The van der Waals surface area contributed by atoms with E-state index < -0.39 is 61.8 Å². The molecule has 6 bridgehead atoms. The summed E-state index contributed by atoms with van der Waals surface area (Å²) in [5.41, 5.74) is -3.34. The summed E-state index contributed by atoms with van der Waals surface area (Å²) < 4.78 is 76.6. The van der Waals surface area contributed by atoms with Gasteiger partial charge >= 0.3 is 33.3 Å². The number of aliphatic hydroxyl groups excluding tert-OH is 1. The van der Waals surface area contributed by atoms with Crippen molar-refractivity contribution in [2.75, 3.05) is 31.3 Å². The summed E-state index contributed by atoms with van der Waals surface area (Å²) >= 11 is 3.33. The molecule has 11 atom stereocenters. The largest absolute Gasteiger partial charge is 0.465 e. The van der Waals surface area contributed by atoms with E-state index >= 15 is 0 Å². The fourth-order valence-corrected chi connectivity index (χ4v) is 16.2. The molecule has 0 aromatic heterocycles. The van der Waals surface area contributed by atoms with Crippen LogP contribution in [0.5, 0.6) is 0 Å². The SMILES string of the molecule is CC1CC2CC(C(=O)OCC3(COC(=O)C45CC(C)CC(CC(O)C4)C5)CSC(C4CC5CCCC(C(=O)OCC(F)(F)S(=O)(=O)O)(C5)C4)SC3)CC(O)(C1)C2. The Balaban J connectivity index is 1.04. The fraction of sp³-hybridized carbons (Fsp3) is 0.925.